The van der Waals surface area contributed by atoms with E-state index in [4.69, 9.17) is 4.74 Å². The largest absolute Gasteiger partial charge is 0.379 e. The summed E-state index contributed by atoms with van der Waals surface area (Å²) >= 11 is 0. The number of hydrogen-bond donors (Lipinski definition) is 0. The summed E-state index contributed by atoms with van der Waals surface area (Å²) in [5, 5.41) is 11.1. The van der Waals surface area contributed by atoms with Crippen molar-refractivity contribution in [1.82, 2.24) is 4.90 Å². The Bertz CT molecular complexity index is 491. The minimum absolute atomic E-state index is 0.207. The Morgan fingerprint density at radius 2 is 2.00 bits per heavy atom. The minimum atomic E-state index is -0.315. The fourth-order valence-electron chi connectivity index (χ4n) is 1.99. The summed E-state index contributed by atoms with van der Waals surface area (Å²) in [6.45, 7) is 3.13. The Hall–Kier alpha value is -1.98. The predicted octanol–water partition coefficient (Wildman–Crippen LogP) is 2.19. The molecule has 106 valence electrons. The van der Waals surface area contributed by atoms with Crippen LogP contribution >= 0.6 is 0 Å². The van der Waals surface area contributed by atoms with Gasteiger partial charge in [-0.2, -0.15) is 0 Å². The van der Waals surface area contributed by atoms with Crippen LogP contribution in [0, 0.1) is 10.1 Å². The second kappa shape index (κ2) is 7.57. The number of morpholine rings is 1. The molecule has 1 saturated heterocycles. The topological polar surface area (TPSA) is 55.6 Å². The first kappa shape index (κ1) is 14.4. The molecule has 1 heterocycles. The van der Waals surface area contributed by atoms with Gasteiger partial charge in [0, 0.05) is 19.2 Å². The van der Waals surface area contributed by atoms with Crippen LogP contribution in [-0.4, -0.2) is 42.7 Å². The summed E-state index contributed by atoms with van der Waals surface area (Å²) in [6, 6.07) is 9.72. The average Bonchev–Trinajstić information content (AvgIpc) is 2.48. The van der Waals surface area contributed by atoms with Gasteiger partial charge in [-0.1, -0.05) is 42.5 Å². The molecule has 2 rings (SSSR count). The second-order valence-electron chi connectivity index (χ2n) is 4.57. The third-order valence-corrected chi connectivity index (χ3v) is 3.10. The van der Waals surface area contributed by atoms with E-state index in [9.17, 15) is 10.1 Å². The molecular formula is C15H18N2O3. The van der Waals surface area contributed by atoms with Gasteiger partial charge in [-0.05, 0) is 5.56 Å². The van der Waals surface area contributed by atoms with Gasteiger partial charge in [-0.25, -0.2) is 0 Å². The molecule has 0 aliphatic carbocycles. The molecule has 0 saturated carbocycles. The van der Waals surface area contributed by atoms with Gasteiger partial charge in [0.15, 0.2) is 0 Å². The molecule has 0 bridgehead atoms. The smallest absolute Gasteiger partial charge is 0.260 e. The average molecular weight is 274 g/mol. The molecule has 0 unspecified atom stereocenters. The summed E-state index contributed by atoms with van der Waals surface area (Å²) < 4.78 is 5.24. The molecule has 0 N–H and O–H groups in total. The Balaban J connectivity index is 1.98. The maximum Gasteiger partial charge on any atom is 0.260 e. The monoisotopic (exact) mass is 274 g/mol. The van der Waals surface area contributed by atoms with Crippen molar-refractivity contribution >= 4 is 6.08 Å². The molecule has 0 atom stereocenters. The van der Waals surface area contributed by atoms with E-state index in [1.807, 2.05) is 41.3 Å². The molecule has 0 amide bonds. The Kier molecular flexibility index (Phi) is 5.46. The van der Waals surface area contributed by atoms with E-state index in [0.29, 0.717) is 19.8 Å². The van der Waals surface area contributed by atoms with Gasteiger partial charge in [-0.3, -0.25) is 15.0 Å². The van der Waals surface area contributed by atoms with E-state index < -0.39 is 0 Å². The highest BCUT2D eigenvalue weighted by Gasteiger charge is 2.17. The van der Waals surface area contributed by atoms with Gasteiger partial charge in [-0.15, -0.1) is 0 Å². The van der Waals surface area contributed by atoms with Crippen molar-refractivity contribution in [2.24, 2.45) is 0 Å². The zero-order valence-corrected chi connectivity index (χ0v) is 11.3. The van der Waals surface area contributed by atoms with E-state index >= 15 is 0 Å². The van der Waals surface area contributed by atoms with Crippen LogP contribution in [-0.2, 0) is 4.74 Å². The number of hydrogen-bond acceptors (Lipinski definition) is 4. The molecule has 1 aromatic carbocycles. The molecule has 0 radical (unpaired) electrons. The van der Waals surface area contributed by atoms with Gasteiger partial charge < -0.3 is 4.74 Å². The quantitative estimate of drug-likeness (QED) is 0.469. The molecule has 0 aromatic heterocycles. The lowest BCUT2D eigenvalue weighted by atomic mass is 10.2. The number of ether oxygens (including phenoxy) is 1. The number of benzene rings is 1. The predicted molar refractivity (Wildman–Crippen MR) is 77.8 cm³/mol. The van der Waals surface area contributed by atoms with Crippen LogP contribution in [0.1, 0.15) is 5.56 Å². The molecule has 5 heteroatoms. The summed E-state index contributed by atoms with van der Waals surface area (Å²) in [5.74, 6) is 0. The lowest BCUT2D eigenvalue weighted by molar-refractivity contribution is -0.428. The normalized spacial score (nSPS) is 17.5. The number of allylic oxidation sites excluding steroid dienone is 2. The zero-order chi connectivity index (χ0) is 14.2. The van der Waals surface area contributed by atoms with E-state index in [2.05, 4.69) is 0 Å². The Morgan fingerprint density at radius 1 is 1.30 bits per heavy atom. The third-order valence-electron chi connectivity index (χ3n) is 3.10. The minimum Gasteiger partial charge on any atom is -0.379 e. The zero-order valence-electron chi connectivity index (χ0n) is 11.3. The Labute approximate surface area is 118 Å². The molecule has 1 aromatic rings. The maximum atomic E-state index is 11.1. The van der Waals surface area contributed by atoms with Crippen molar-refractivity contribution in [1.29, 1.82) is 0 Å². The first-order chi connectivity index (χ1) is 9.75. The first-order valence-electron chi connectivity index (χ1n) is 6.62. The number of nitrogens with zero attached hydrogens (tertiary/aromatic N) is 2. The van der Waals surface area contributed by atoms with Crippen LogP contribution in [0.25, 0.3) is 6.08 Å². The van der Waals surface area contributed by atoms with Crippen LogP contribution in [0.15, 0.2) is 48.2 Å². The van der Waals surface area contributed by atoms with E-state index in [0.717, 1.165) is 18.7 Å². The standard InChI is InChI=1S/C15H18N2O3/c18-17(19)15(13-16-9-11-20-12-10-16)8-4-7-14-5-2-1-3-6-14/h1-8H,9-13H2/b7-4+,15-8-. The molecular weight excluding hydrogens is 256 g/mol. The van der Waals surface area contributed by atoms with Gasteiger partial charge in [0.25, 0.3) is 5.70 Å². The molecule has 0 spiro atoms. The Morgan fingerprint density at radius 3 is 2.65 bits per heavy atom. The van der Waals surface area contributed by atoms with E-state index in [1.54, 1.807) is 12.2 Å². The van der Waals surface area contributed by atoms with Gasteiger partial charge in [0.05, 0.1) is 24.7 Å². The van der Waals surface area contributed by atoms with E-state index in [1.165, 1.54) is 0 Å². The number of nitro groups is 1. The van der Waals surface area contributed by atoms with Crippen LogP contribution in [0.3, 0.4) is 0 Å². The van der Waals surface area contributed by atoms with E-state index in [-0.39, 0.29) is 10.6 Å². The van der Waals surface area contributed by atoms with Crippen molar-refractivity contribution in [3.63, 3.8) is 0 Å². The van der Waals surface area contributed by atoms with Gasteiger partial charge in [0.1, 0.15) is 0 Å². The summed E-state index contributed by atoms with van der Waals surface area (Å²) in [5.41, 5.74) is 1.23. The van der Waals surface area contributed by atoms with Crippen molar-refractivity contribution in [2.75, 3.05) is 32.8 Å². The second-order valence-corrected chi connectivity index (χ2v) is 4.57. The fourth-order valence-corrected chi connectivity index (χ4v) is 1.99. The van der Waals surface area contributed by atoms with Crippen LogP contribution in [0.5, 0.6) is 0 Å². The molecule has 1 aliphatic heterocycles. The highest BCUT2D eigenvalue weighted by atomic mass is 16.6. The van der Waals surface area contributed by atoms with Crippen molar-refractivity contribution < 1.29 is 9.66 Å². The highest BCUT2D eigenvalue weighted by Crippen LogP contribution is 2.06. The third kappa shape index (κ3) is 4.60. The molecule has 5 nitrogen and oxygen atoms in total. The van der Waals surface area contributed by atoms with Crippen molar-refractivity contribution in [3.8, 4) is 0 Å². The van der Waals surface area contributed by atoms with Crippen molar-refractivity contribution in [2.45, 2.75) is 0 Å². The van der Waals surface area contributed by atoms with Crippen LogP contribution < -0.4 is 0 Å². The SMILES string of the molecule is O=[N+]([O-])/C(=C\C=C\c1ccccc1)CN1CCOCC1. The summed E-state index contributed by atoms with van der Waals surface area (Å²) in [4.78, 5) is 12.8. The van der Waals surface area contributed by atoms with Crippen molar-refractivity contribution in [3.05, 3.63) is 63.9 Å². The van der Waals surface area contributed by atoms with Crippen LogP contribution in [0.4, 0.5) is 0 Å². The molecule has 1 aliphatic rings. The van der Waals surface area contributed by atoms with Gasteiger partial charge >= 0.3 is 0 Å². The first-order valence-corrected chi connectivity index (χ1v) is 6.62. The molecule has 1 fully saturated rings. The lowest BCUT2D eigenvalue weighted by Gasteiger charge is -2.25. The summed E-state index contributed by atoms with van der Waals surface area (Å²) in [7, 11) is 0. The number of rotatable bonds is 5. The van der Waals surface area contributed by atoms with Gasteiger partial charge in [0.2, 0.25) is 0 Å². The lowest BCUT2D eigenvalue weighted by Crippen LogP contribution is -2.38. The highest BCUT2D eigenvalue weighted by molar-refractivity contribution is 5.50. The van der Waals surface area contributed by atoms with Crippen LogP contribution in [0.2, 0.25) is 0 Å². The summed E-state index contributed by atoms with van der Waals surface area (Å²) in [6.07, 6.45) is 5.17. The fraction of sp³-hybridized carbons (Fsp3) is 0.333. The molecule has 20 heavy (non-hydrogen) atoms. The maximum absolute atomic E-state index is 11.1.